The van der Waals surface area contributed by atoms with E-state index in [1.54, 1.807) is 12.0 Å². The summed E-state index contributed by atoms with van der Waals surface area (Å²) in [6.45, 7) is 1.19. The maximum absolute atomic E-state index is 12.2. The number of rotatable bonds is 8. The smallest absolute Gasteiger partial charge is 0.227 e. The van der Waals surface area contributed by atoms with E-state index in [9.17, 15) is 4.79 Å². The fraction of sp³-hybridized carbons (Fsp3) is 0.444. The van der Waals surface area contributed by atoms with Gasteiger partial charge in [0.15, 0.2) is 0 Å². The molecular formula is C18H21N5O2S. The molecule has 0 atom stereocenters. The summed E-state index contributed by atoms with van der Waals surface area (Å²) in [7, 11) is 1.66. The van der Waals surface area contributed by atoms with E-state index < -0.39 is 0 Å². The van der Waals surface area contributed by atoms with Gasteiger partial charge in [-0.3, -0.25) is 4.79 Å². The molecule has 0 aliphatic carbocycles. The molecule has 1 aliphatic heterocycles. The lowest BCUT2D eigenvalue weighted by Crippen LogP contribution is -2.35. The first kappa shape index (κ1) is 18.3. The SMILES string of the molecule is COCCc1nsc(Nc2ccc3c(c2)CCC(=O)N3CCCC#N)n1. The fourth-order valence-corrected chi connectivity index (χ4v) is 3.56. The van der Waals surface area contributed by atoms with Gasteiger partial charge in [-0.2, -0.15) is 9.64 Å². The number of hydrogen-bond donors (Lipinski definition) is 1. The lowest BCUT2D eigenvalue weighted by atomic mass is 10.00. The van der Waals surface area contributed by atoms with E-state index in [1.165, 1.54) is 11.5 Å². The summed E-state index contributed by atoms with van der Waals surface area (Å²) in [6, 6.07) is 8.11. The summed E-state index contributed by atoms with van der Waals surface area (Å²) in [4.78, 5) is 18.5. The standard InChI is InChI=1S/C18H21N5O2S/c1-25-11-8-16-21-18(26-22-16)20-14-5-6-15-13(12-14)4-7-17(24)23(15)10-3-2-9-19/h5-6,12H,2-4,7-8,10-11H2,1H3,(H,20,21,22). The van der Waals surface area contributed by atoms with Gasteiger partial charge in [0, 0.05) is 55.8 Å². The number of methoxy groups -OCH3 is 1. The molecule has 1 amide bonds. The van der Waals surface area contributed by atoms with E-state index in [2.05, 4.69) is 26.8 Å². The molecule has 0 saturated heterocycles. The Hall–Kier alpha value is -2.50. The Labute approximate surface area is 156 Å². The van der Waals surface area contributed by atoms with E-state index in [0.717, 1.165) is 34.3 Å². The fourth-order valence-electron chi connectivity index (χ4n) is 2.92. The van der Waals surface area contributed by atoms with Crippen molar-refractivity contribution in [2.24, 2.45) is 0 Å². The van der Waals surface area contributed by atoms with E-state index in [0.29, 0.717) is 38.8 Å². The van der Waals surface area contributed by atoms with Crippen LogP contribution in [0.2, 0.25) is 0 Å². The third kappa shape index (κ3) is 4.36. The van der Waals surface area contributed by atoms with Gasteiger partial charge in [0.1, 0.15) is 5.82 Å². The molecule has 0 fully saturated rings. The summed E-state index contributed by atoms with van der Waals surface area (Å²) in [5.74, 6) is 0.898. The Morgan fingerprint density at radius 3 is 3.12 bits per heavy atom. The molecule has 2 heterocycles. The van der Waals surface area contributed by atoms with Crippen molar-refractivity contribution < 1.29 is 9.53 Å². The van der Waals surface area contributed by atoms with Gasteiger partial charge in [-0.15, -0.1) is 0 Å². The van der Waals surface area contributed by atoms with Crippen molar-refractivity contribution in [2.75, 3.05) is 30.5 Å². The van der Waals surface area contributed by atoms with Crippen LogP contribution in [0, 0.1) is 11.3 Å². The lowest BCUT2D eigenvalue weighted by Gasteiger charge is -2.29. The molecule has 0 bridgehead atoms. The average Bonchev–Trinajstić information content (AvgIpc) is 3.09. The molecule has 0 unspecified atom stereocenters. The van der Waals surface area contributed by atoms with Crippen LogP contribution >= 0.6 is 11.5 Å². The van der Waals surface area contributed by atoms with Gasteiger partial charge in [-0.05, 0) is 36.6 Å². The second-order valence-electron chi connectivity index (χ2n) is 6.03. The highest BCUT2D eigenvalue weighted by atomic mass is 32.1. The molecule has 0 spiro atoms. The summed E-state index contributed by atoms with van der Waals surface area (Å²) in [6.07, 6.45) is 3.08. The number of hydrogen-bond acceptors (Lipinski definition) is 7. The second kappa shape index (κ2) is 8.74. The van der Waals surface area contributed by atoms with Crippen molar-refractivity contribution in [3.05, 3.63) is 29.6 Å². The second-order valence-corrected chi connectivity index (χ2v) is 6.79. The van der Waals surface area contributed by atoms with Crippen molar-refractivity contribution in [3.63, 3.8) is 0 Å². The molecule has 3 rings (SSSR count). The Kier molecular flexibility index (Phi) is 6.15. The normalized spacial score (nSPS) is 13.4. The molecule has 2 aromatic rings. The third-order valence-corrected chi connectivity index (χ3v) is 4.87. The number of carbonyl (C=O) groups excluding carboxylic acids is 1. The number of nitriles is 1. The molecule has 0 saturated carbocycles. The van der Waals surface area contributed by atoms with Crippen molar-refractivity contribution in [3.8, 4) is 6.07 Å². The van der Waals surface area contributed by atoms with Crippen LogP contribution in [0.25, 0.3) is 0 Å². The number of anilines is 3. The maximum Gasteiger partial charge on any atom is 0.227 e. The van der Waals surface area contributed by atoms with E-state index >= 15 is 0 Å². The van der Waals surface area contributed by atoms with Crippen LogP contribution in [0.3, 0.4) is 0 Å². The quantitative estimate of drug-likeness (QED) is 0.717. The molecule has 8 heteroatoms. The molecule has 1 N–H and O–H groups in total. The maximum atomic E-state index is 12.2. The van der Waals surface area contributed by atoms with Gasteiger partial charge in [0.2, 0.25) is 11.0 Å². The predicted molar refractivity (Wildman–Crippen MR) is 101 cm³/mol. The van der Waals surface area contributed by atoms with Gasteiger partial charge >= 0.3 is 0 Å². The molecule has 1 aromatic carbocycles. The minimum absolute atomic E-state index is 0.128. The van der Waals surface area contributed by atoms with Gasteiger partial charge in [-0.25, -0.2) is 4.98 Å². The summed E-state index contributed by atoms with van der Waals surface area (Å²) in [5, 5.41) is 12.7. The minimum Gasteiger partial charge on any atom is -0.384 e. The van der Waals surface area contributed by atoms with E-state index in [4.69, 9.17) is 10.00 Å². The predicted octanol–water partition coefficient (Wildman–Crippen LogP) is 3.05. The van der Waals surface area contributed by atoms with Gasteiger partial charge < -0.3 is 15.0 Å². The average molecular weight is 371 g/mol. The van der Waals surface area contributed by atoms with Gasteiger partial charge in [0.05, 0.1) is 12.7 Å². The van der Waals surface area contributed by atoms with Crippen molar-refractivity contribution in [1.82, 2.24) is 9.36 Å². The van der Waals surface area contributed by atoms with Crippen LogP contribution in [0.15, 0.2) is 18.2 Å². The number of amides is 1. The minimum atomic E-state index is 0.128. The van der Waals surface area contributed by atoms with Crippen LogP contribution in [-0.4, -0.2) is 35.5 Å². The first-order chi connectivity index (χ1) is 12.7. The van der Waals surface area contributed by atoms with Gasteiger partial charge in [0.25, 0.3) is 0 Å². The van der Waals surface area contributed by atoms with E-state index in [1.807, 2.05) is 12.1 Å². The first-order valence-electron chi connectivity index (χ1n) is 8.60. The monoisotopic (exact) mass is 371 g/mol. The summed E-state index contributed by atoms with van der Waals surface area (Å²) >= 11 is 1.32. The highest BCUT2D eigenvalue weighted by molar-refractivity contribution is 7.09. The highest BCUT2D eigenvalue weighted by Crippen LogP contribution is 2.31. The zero-order valence-corrected chi connectivity index (χ0v) is 15.5. The van der Waals surface area contributed by atoms with Crippen LogP contribution in [0.5, 0.6) is 0 Å². The van der Waals surface area contributed by atoms with E-state index in [-0.39, 0.29) is 5.91 Å². The van der Waals surface area contributed by atoms with Crippen LogP contribution in [0.1, 0.15) is 30.7 Å². The van der Waals surface area contributed by atoms with Crippen molar-refractivity contribution in [1.29, 1.82) is 5.26 Å². The van der Waals surface area contributed by atoms with Crippen LogP contribution < -0.4 is 10.2 Å². The first-order valence-corrected chi connectivity index (χ1v) is 9.37. The molecule has 7 nitrogen and oxygen atoms in total. The number of nitrogens with zero attached hydrogens (tertiary/aromatic N) is 4. The summed E-state index contributed by atoms with van der Waals surface area (Å²) in [5.41, 5.74) is 3.02. The zero-order valence-electron chi connectivity index (χ0n) is 14.7. The number of unbranched alkanes of at least 4 members (excludes halogenated alkanes) is 1. The van der Waals surface area contributed by atoms with Crippen LogP contribution in [-0.2, 0) is 22.4 Å². The number of nitrogens with one attached hydrogen (secondary N) is 1. The Morgan fingerprint density at radius 2 is 2.31 bits per heavy atom. The molecule has 0 radical (unpaired) electrons. The Balaban J connectivity index is 1.71. The van der Waals surface area contributed by atoms with Crippen molar-refractivity contribution >= 4 is 33.9 Å². The number of aromatic nitrogens is 2. The summed E-state index contributed by atoms with van der Waals surface area (Å²) < 4.78 is 9.35. The lowest BCUT2D eigenvalue weighted by molar-refractivity contribution is -0.118. The topological polar surface area (TPSA) is 91.1 Å². The largest absolute Gasteiger partial charge is 0.384 e. The van der Waals surface area contributed by atoms with Crippen LogP contribution in [0.4, 0.5) is 16.5 Å². The molecule has 1 aliphatic rings. The number of fused-ring (bicyclic) bond motifs is 1. The number of carbonyl (C=O) groups is 1. The van der Waals surface area contributed by atoms with Crippen molar-refractivity contribution in [2.45, 2.75) is 32.1 Å². The Bertz CT molecular complexity index is 814. The molecule has 26 heavy (non-hydrogen) atoms. The molecule has 136 valence electrons. The number of ether oxygens (including phenoxy) is 1. The Morgan fingerprint density at radius 1 is 1.42 bits per heavy atom. The third-order valence-electron chi connectivity index (χ3n) is 4.20. The van der Waals surface area contributed by atoms with Gasteiger partial charge in [-0.1, -0.05) is 0 Å². The number of aryl methyl sites for hydroxylation is 1. The molecule has 1 aromatic heterocycles. The zero-order chi connectivity index (χ0) is 18.4. The molecular weight excluding hydrogens is 350 g/mol. The number of benzene rings is 1. The highest BCUT2D eigenvalue weighted by Gasteiger charge is 2.23.